The first kappa shape index (κ1) is 20.8. The van der Waals surface area contributed by atoms with Gasteiger partial charge in [-0.15, -0.1) is 12.4 Å². The molecule has 0 aliphatic carbocycles. The van der Waals surface area contributed by atoms with Crippen molar-refractivity contribution >= 4 is 30.1 Å². The van der Waals surface area contributed by atoms with Gasteiger partial charge in [0.1, 0.15) is 5.82 Å². The number of aromatic nitrogens is 3. The third kappa shape index (κ3) is 5.04. The number of amides is 1. The van der Waals surface area contributed by atoms with E-state index in [1.165, 1.54) is 6.20 Å². The van der Waals surface area contributed by atoms with Crippen molar-refractivity contribution in [2.75, 3.05) is 25.0 Å². The van der Waals surface area contributed by atoms with Gasteiger partial charge in [-0.3, -0.25) is 4.79 Å². The predicted molar refractivity (Wildman–Crippen MR) is 94.8 cm³/mol. The van der Waals surface area contributed by atoms with E-state index in [4.69, 9.17) is 5.73 Å². The van der Waals surface area contributed by atoms with Gasteiger partial charge in [0.2, 0.25) is 11.9 Å². The molecule has 0 saturated carbocycles. The highest BCUT2D eigenvalue weighted by atomic mass is 35.5. The molecule has 1 saturated heterocycles. The van der Waals surface area contributed by atoms with Gasteiger partial charge in [-0.1, -0.05) is 0 Å². The van der Waals surface area contributed by atoms with E-state index in [1.54, 1.807) is 11.0 Å². The van der Waals surface area contributed by atoms with Crippen molar-refractivity contribution < 1.29 is 18.0 Å². The maximum Gasteiger partial charge on any atom is 0.416 e. The average molecular weight is 403 g/mol. The summed E-state index contributed by atoms with van der Waals surface area (Å²) >= 11 is 0. The molecule has 1 unspecified atom stereocenters. The monoisotopic (exact) mass is 402 g/mol. The molecule has 11 heteroatoms. The van der Waals surface area contributed by atoms with Gasteiger partial charge in [-0.25, -0.2) is 15.0 Å². The first-order chi connectivity index (χ1) is 12.4. The molecule has 1 amide bonds. The highest BCUT2D eigenvalue weighted by molar-refractivity contribution is 5.85. The van der Waals surface area contributed by atoms with Gasteiger partial charge in [-0.05, 0) is 24.6 Å². The maximum absolute atomic E-state index is 12.8. The normalized spacial score (nSPS) is 16.7. The number of pyridine rings is 1. The van der Waals surface area contributed by atoms with Crippen LogP contribution in [0.5, 0.6) is 0 Å². The van der Waals surface area contributed by atoms with E-state index in [0.717, 1.165) is 24.8 Å². The van der Waals surface area contributed by atoms with Crippen LogP contribution in [0.2, 0.25) is 0 Å². The van der Waals surface area contributed by atoms with E-state index in [1.807, 2.05) is 0 Å². The summed E-state index contributed by atoms with van der Waals surface area (Å²) in [6.07, 6.45) is -1.12. The smallest absolute Gasteiger partial charge is 0.341 e. The van der Waals surface area contributed by atoms with Crippen LogP contribution in [-0.2, 0) is 11.0 Å². The second kappa shape index (κ2) is 8.49. The van der Waals surface area contributed by atoms with Crippen LogP contribution in [0.4, 0.5) is 24.9 Å². The molecule has 2 aromatic heterocycles. The average Bonchev–Trinajstić information content (AvgIpc) is 3.11. The minimum absolute atomic E-state index is 0. The zero-order valence-corrected chi connectivity index (χ0v) is 14.9. The molecule has 0 spiro atoms. The summed E-state index contributed by atoms with van der Waals surface area (Å²) in [6.45, 7) is 1.07. The molecule has 3 rings (SSSR count). The van der Waals surface area contributed by atoms with Crippen LogP contribution in [-0.4, -0.2) is 45.4 Å². The molecule has 0 aromatic carbocycles. The summed E-state index contributed by atoms with van der Waals surface area (Å²) in [5.41, 5.74) is 5.28. The third-order valence-corrected chi connectivity index (χ3v) is 4.14. The lowest BCUT2D eigenvalue weighted by atomic mass is 10.1. The molecule has 1 fully saturated rings. The Morgan fingerprint density at radius 1 is 1.30 bits per heavy atom. The lowest BCUT2D eigenvalue weighted by molar-refractivity contribution is -0.137. The molecular weight excluding hydrogens is 385 g/mol. The molecule has 7 nitrogen and oxygen atoms in total. The SMILES string of the molecule is Cl.NCC(=O)N1CCC(c2ccnc(Nc3cc(C(F)(F)F)ccn3)n2)C1. The van der Waals surface area contributed by atoms with Crippen molar-refractivity contribution in [2.24, 2.45) is 5.73 Å². The standard InChI is InChI=1S/C16H17F3N6O.ClH/c17-16(18,19)11-1-4-21-13(7-11)24-15-22-5-2-12(23-15)10-3-6-25(9-10)14(26)8-20;/h1-2,4-5,7,10H,3,6,8-9,20H2,(H,21,22,23,24);1H. The summed E-state index contributed by atoms with van der Waals surface area (Å²) in [6, 6.07) is 3.52. The quantitative estimate of drug-likeness (QED) is 0.814. The largest absolute Gasteiger partial charge is 0.416 e. The maximum atomic E-state index is 12.8. The number of rotatable bonds is 4. The number of nitrogens with two attached hydrogens (primary N) is 1. The molecule has 0 bridgehead atoms. The predicted octanol–water partition coefficient (Wildman–Crippen LogP) is 2.33. The summed E-state index contributed by atoms with van der Waals surface area (Å²) in [4.78, 5) is 25.6. The Balaban J connectivity index is 0.00000261. The minimum atomic E-state index is -4.45. The number of halogens is 4. The zero-order chi connectivity index (χ0) is 18.7. The molecule has 2 aromatic rings. The van der Waals surface area contributed by atoms with Crippen LogP contribution in [0, 0.1) is 0 Å². The van der Waals surface area contributed by atoms with Gasteiger partial charge >= 0.3 is 6.18 Å². The number of anilines is 2. The molecule has 1 aliphatic heterocycles. The van der Waals surface area contributed by atoms with Gasteiger partial charge in [-0.2, -0.15) is 13.2 Å². The Morgan fingerprint density at radius 3 is 2.74 bits per heavy atom. The Labute approximate surface area is 159 Å². The van der Waals surface area contributed by atoms with E-state index in [2.05, 4.69) is 20.3 Å². The fourth-order valence-corrected chi connectivity index (χ4v) is 2.81. The van der Waals surface area contributed by atoms with E-state index >= 15 is 0 Å². The summed E-state index contributed by atoms with van der Waals surface area (Å²) < 4.78 is 38.3. The fourth-order valence-electron chi connectivity index (χ4n) is 2.81. The molecule has 3 heterocycles. The Bertz CT molecular complexity index is 804. The van der Waals surface area contributed by atoms with Crippen molar-refractivity contribution in [1.82, 2.24) is 19.9 Å². The number of hydrogen-bond acceptors (Lipinski definition) is 6. The van der Waals surface area contributed by atoms with Gasteiger partial charge in [0, 0.05) is 31.4 Å². The van der Waals surface area contributed by atoms with Crippen molar-refractivity contribution in [3.63, 3.8) is 0 Å². The zero-order valence-electron chi connectivity index (χ0n) is 14.1. The number of nitrogens with one attached hydrogen (secondary N) is 1. The fraction of sp³-hybridized carbons (Fsp3) is 0.375. The molecule has 27 heavy (non-hydrogen) atoms. The Hall–Kier alpha value is -2.46. The number of likely N-dealkylation sites (tertiary alicyclic amines) is 1. The van der Waals surface area contributed by atoms with Crippen LogP contribution in [0.25, 0.3) is 0 Å². The van der Waals surface area contributed by atoms with E-state index < -0.39 is 11.7 Å². The number of carbonyl (C=O) groups excluding carboxylic acids is 1. The first-order valence-electron chi connectivity index (χ1n) is 7.98. The second-order valence-corrected chi connectivity index (χ2v) is 5.89. The van der Waals surface area contributed by atoms with Crippen LogP contribution in [0.1, 0.15) is 23.6 Å². The molecule has 0 radical (unpaired) electrons. The lowest BCUT2D eigenvalue weighted by Crippen LogP contribution is -2.33. The highest BCUT2D eigenvalue weighted by Crippen LogP contribution is 2.30. The van der Waals surface area contributed by atoms with E-state index in [-0.39, 0.29) is 42.5 Å². The number of carbonyl (C=O) groups is 1. The van der Waals surface area contributed by atoms with Gasteiger partial charge in [0.15, 0.2) is 0 Å². The van der Waals surface area contributed by atoms with Crippen molar-refractivity contribution in [2.45, 2.75) is 18.5 Å². The van der Waals surface area contributed by atoms with E-state index in [9.17, 15) is 18.0 Å². The van der Waals surface area contributed by atoms with Crippen LogP contribution in [0.15, 0.2) is 30.6 Å². The molecule has 1 aliphatic rings. The molecular formula is C16H18ClF3N6O. The van der Waals surface area contributed by atoms with Crippen LogP contribution in [0.3, 0.4) is 0 Å². The molecule has 3 N–H and O–H groups in total. The van der Waals surface area contributed by atoms with Gasteiger partial charge < -0.3 is 16.0 Å². The second-order valence-electron chi connectivity index (χ2n) is 5.89. The number of hydrogen-bond donors (Lipinski definition) is 2. The van der Waals surface area contributed by atoms with Crippen molar-refractivity contribution in [3.8, 4) is 0 Å². The number of nitrogens with zero attached hydrogens (tertiary/aromatic N) is 4. The Kier molecular flexibility index (Phi) is 6.55. The Morgan fingerprint density at radius 2 is 2.04 bits per heavy atom. The van der Waals surface area contributed by atoms with Gasteiger partial charge in [0.25, 0.3) is 0 Å². The molecule has 146 valence electrons. The third-order valence-electron chi connectivity index (χ3n) is 4.14. The van der Waals surface area contributed by atoms with Crippen molar-refractivity contribution in [3.05, 3.63) is 41.9 Å². The van der Waals surface area contributed by atoms with Crippen LogP contribution >= 0.6 is 12.4 Å². The molecule has 1 atom stereocenters. The van der Waals surface area contributed by atoms with Crippen LogP contribution < -0.4 is 11.1 Å². The topological polar surface area (TPSA) is 97.0 Å². The summed E-state index contributed by atoms with van der Waals surface area (Å²) in [5, 5.41) is 2.69. The minimum Gasteiger partial charge on any atom is -0.341 e. The highest BCUT2D eigenvalue weighted by Gasteiger charge is 2.31. The summed E-state index contributed by atoms with van der Waals surface area (Å²) in [5.74, 6) is 0.0675. The lowest BCUT2D eigenvalue weighted by Gasteiger charge is -2.15. The first-order valence-corrected chi connectivity index (χ1v) is 7.98. The number of alkyl halides is 3. The summed E-state index contributed by atoms with van der Waals surface area (Å²) in [7, 11) is 0. The van der Waals surface area contributed by atoms with Crippen molar-refractivity contribution in [1.29, 1.82) is 0 Å². The van der Waals surface area contributed by atoms with E-state index in [0.29, 0.717) is 18.8 Å². The van der Waals surface area contributed by atoms with Gasteiger partial charge in [0.05, 0.1) is 17.8 Å².